The van der Waals surface area contributed by atoms with Crippen LogP contribution in [0.3, 0.4) is 0 Å². The standard InChI is InChI=1S/C21H16Cl2FNO5/c22-12-5-8-14(15(23)10-12)18-17(19(28)11-3-6-13(24)7-4-11)20(29)21(30)25(18)9-1-2-16(26)27/h3-8,10,18,28H,1-2,9H2,(H,26,27)/t18-/m0/s1. The molecule has 2 aromatic carbocycles. The van der Waals surface area contributed by atoms with Crippen LogP contribution in [0.25, 0.3) is 5.76 Å². The summed E-state index contributed by atoms with van der Waals surface area (Å²) in [5.41, 5.74) is 0.278. The highest BCUT2D eigenvalue weighted by atomic mass is 35.5. The summed E-state index contributed by atoms with van der Waals surface area (Å²) in [6, 6.07) is 8.24. The van der Waals surface area contributed by atoms with E-state index in [1.165, 1.54) is 35.2 Å². The monoisotopic (exact) mass is 451 g/mol. The number of amides is 1. The third-order valence-electron chi connectivity index (χ3n) is 4.70. The molecule has 0 spiro atoms. The number of aliphatic hydroxyl groups excluding tert-OH is 1. The van der Waals surface area contributed by atoms with Crippen LogP contribution in [-0.4, -0.2) is 39.3 Å². The number of Topliss-reactive ketones (excluding diaryl/α,β-unsaturated/α-hetero) is 1. The number of aliphatic carboxylic acids is 1. The first-order chi connectivity index (χ1) is 14.2. The van der Waals surface area contributed by atoms with Gasteiger partial charge in [-0.1, -0.05) is 29.3 Å². The molecule has 9 heteroatoms. The molecule has 0 radical (unpaired) electrons. The van der Waals surface area contributed by atoms with Gasteiger partial charge in [-0.25, -0.2) is 4.39 Å². The Bertz CT molecular complexity index is 1050. The lowest BCUT2D eigenvalue weighted by atomic mass is 9.95. The summed E-state index contributed by atoms with van der Waals surface area (Å²) in [6.45, 7) is -0.0410. The van der Waals surface area contributed by atoms with Gasteiger partial charge in [0.15, 0.2) is 0 Å². The van der Waals surface area contributed by atoms with Gasteiger partial charge in [-0.3, -0.25) is 14.4 Å². The van der Waals surface area contributed by atoms with Crippen molar-refractivity contribution in [3.8, 4) is 0 Å². The lowest BCUT2D eigenvalue weighted by Crippen LogP contribution is -2.31. The van der Waals surface area contributed by atoms with Gasteiger partial charge in [-0.2, -0.15) is 0 Å². The maximum absolute atomic E-state index is 13.3. The van der Waals surface area contributed by atoms with Gasteiger partial charge in [-0.15, -0.1) is 0 Å². The highest BCUT2D eigenvalue weighted by Gasteiger charge is 2.46. The first kappa shape index (κ1) is 21.8. The average Bonchev–Trinajstić information content (AvgIpc) is 2.93. The van der Waals surface area contributed by atoms with E-state index in [2.05, 4.69) is 0 Å². The molecule has 1 aliphatic heterocycles. The molecule has 0 aromatic heterocycles. The van der Waals surface area contributed by atoms with E-state index in [9.17, 15) is 23.9 Å². The van der Waals surface area contributed by atoms with E-state index in [4.69, 9.17) is 28.3 Å². The number of hydrogen-bond donors (Lipinski definition) is 2. The van der Waals surface area contributed by atoms with Crippen molar-refractivity contribution in [2.24, 2.45) is 0 Å². The fraction of sp³-hybridized carbons (Fsp3) is 0.190. The fourth-order valence-corrected chi connectivity index (χ4v) is 3.83. The Morgan fingerprint density at radius 2 is 1.73 bits per heavy atom. The van der Waals surface area contributed by atoms with Gasteiger partial charge in [0.1, 0.15) is 11.6 Å². The lowest BCUT2D eigenvalue weighted by molar-refractivity contribution is -0.140. The van der Waals surface area contributed by atoms with Crippen LogP contribution in [0.1, 0.15) is 30.0 Å². The van der Waals surface area contributed by atoms with E-state index in [1.807, 2.05) is 0 Å². The second-order valence-corrected chi connectivity index (χ2v) is 7.51. The van der Waals surface area contributed by atoms with Gasteiger partial charge in [-0.05, 0) is 48.4 Å². The highest BCUT2D eigenvalue weighted by molar-refractivity contribution is 6.47. The van der Waals surface area contributed by atoms with Crippen molar-refractivity contribution >= 4 is 46.6 Å². The van der Waals surface area contributed by atoms with Crippen LogP contribution in [0.15, 0.2) is 48.0 Å². The number of benzene rings is 2. The zero-order valence-corrected chi connectivity index (χ0v) is 17.0. The van der Waals surface area contributed by atoms with Crippen LogP contribution in [0.5, 0.6) is 0 Å². The predicted molar refractivity (Wildman–Crippen MR) is 109 cm³/mol. The Labute approximate surface area is 181 Å². The van der Waals surface area contributed by atoms with Gasteiger partial charge >= 0.3 is 5.97 Å². The van der Waals surface area contributed by atoms with Gasteiger partial charge in [0, 0.05) is 28.6 Å². The largest absolute Gasteiger partial charge is 0.507 e. The van der Waals surface area contributed by atoms with E-state index >= 15 is 0 Å². The molecule has 6 nitrogen and oxygen atoms in total. The molecule has 30 heavy (non-hydrogen) atoms. The number of rotatable bonds is 6. The summed E-state index contributed by atoms with van der Waals surface area (Å²) in [4.78, 5) is 37.5. The number of nitrogens with zero attached hydrogens (tertiary/aromatic N) is 1. The molecule has 1 amide bonds. The minimum absolute atomic E-state index is 0.0410. The van der Waals surface area contributed by atoms with Crippen molar-refractivity contribution in [3.63, 3.8) is 0 Å². The third-order valence-corrected chi connectivity index (χ3v) is 5.27. The Balaban J connectivity index is 2.14. The lowest BCUT2D eigenvalue weighted by Gasteiger charge is -2.26. The summed E-state index contributed by atoms with van der Waals surface area (Å²) < 4.78 is 13.3. The topological polar surface area (TPSA) is 94.9 Å². The van der Waals surface area contributed by atoms with Crippen LogP contribution < -0.4 is 0 Å². The van der Waals surface area contributed by atoms with Crippen molar-refractivity contribution in [1.29, 1.82) is 0 Å². The fourth-order valence-electron chi connectivity index (χ4n) is 3.32. The molecule has 3 rings (SSSR count). The molecule has 0 unspecified atom stereocenters. The molecule has 1 fully saturated rings. The highest BCUT2D eigenvalue weighted by Crippen LogP contribution is 2.42. The minimum atomic E-state index is -1.05. The van der Waals surface area contributed by atoms with Crippen molar-refractivity contribution in [1.82, 2.24) is 4.90 Å². The quantitative estimate of drug-likeness (QED) is 0.385. The van der Waals surface area contributed by atoms with E-state index in [1.54, 1.807) is 0 Å². The first-order valence-electron chi connectivity index (χ1n) is 8.91. The number of likely N-dealkylation sites (tertiary alicyclic amines) is 1. The zero-order chi connectivity index (χ0) is 22.0. The Kier molecular flexibility index (Phi) is 6.43. The summed E-state index contributed by atoms with van der Waals surface area (Å²) in [5.74, 6) is -3.88. The predicted octanol–water partition coefficient (Wildman–Crippen LogP) is 4.42. The van der Waals surface area contributed by atoms with Crippen LogP contribution >= 0.6 is 23.2 Å². The normalized spacial score (nSPS) is 18.1. The van der Waals surface area contributed by atoms with E-state index in [0.717, 1.165) is 12.1 Å². The third kappa shape index (κ3) is 4.32. The summed E-state index contributed by atoms with van der Waals surface area (Å²) in [7, 11) is 0. The molecule has 1 heterocycles. The zero-order valence-electron chi connectivity index (χ0n) is 15.4. The Morgan fingerprint density at radius 1 is 1.07 bits per heavy atom. The van der Waals surface area contributed by atoms with Gasteiger partial charge in [0.05, 0.1) is 11.6 Å². The van der Waals surface area contributed by atoms with Crippen LogP contribution in [0, 0.1) is 5.82 Å². The Morgan fingerprint density at radius 3 is 2.33 bits per heavy atom. The van der Waals surface area contributed by atoms with Crippen LogP contribution in [0.2, 0.25) is 10.0 Å². The van der Waals surface area contributed by atoms with Crippen molar-refractivity contribution < 1.29 is 29.0 Å². The van der Waals surface area contributed by atoms with Gasteiger partial charge in [0.25, 0.3) is 11.7 Å². The second kappa shape index (κ2) is 8.85. The van der Waals surface area contributed by atoms with Gasteiger partial charge in [0.2, 0.25) is 0 Å². The summed E-state index contributed by atoms with van der Waals surface area (Å²) in [6.07, 6.45) is -0.108. The molecular formula is C21H16Cl2FNO5. The number of aliphatic hydroxyl groups is 1. The molecule has 1 atom stereocenters. The molecule has 0 aliphatic carbocycles. The summed E-state index contributed by atoms with van der Waals surface area (Å²) >= 11 is 12.3. The molecule has 0 bridgehead atoms. The summed E-state index contributed by atoms with van der Waals surface area (Å²) in [5, 5.41) is 20.2. The first-order valence-corrected chi connectivity index (χ1v) is 9.67. The molecule has 156 valence electrons. The number of halogens is 3. The van der Waals surface area contributed by atoms with Crippen molar-refractivity contribution in [2.45, 2.75) is 18.9 Å². The van der Waals surface area contributed by atoms with Crippen LogP contribution in [-0.2, 0) is 14.4 Å². The molecule has 2 N–H and O–H groups in total. The van der Waals surface area contributed by atoms with Crippen molar-refractivity contribution in [2.75, 3.05) is 6.54 Å². The smallest absolute Gasteiger partial charge is 0.303 e. The molecular weight excluding hydrogens is 436 g/mol. The van der Waals surface area contributed by atoms with E-state index in [0.29, 0.717) is 10.6 Å². The maximum atomic E-state index is 13.3. The number of carboxylic acid groups (broad SMARTS) is 1. The number of carbonyl (C=O) groups excluding carboxylic acids is 2. The van der Waals surface area contributed by atoms with Crippen molar-refractivity contribution in [3.05, 3.63) is 75.0 Å². The minimum Gasteiger partial charge on any atom is -0.507 e. The van der Waals surface area contributed by atoms with E-state index in [-0.39, 0.29) is 35.5 Å². The molecule has 1 aliphatic rings. The SMILES string of the molecule is O=C(O)CCCN1C(=O)C(=O)C(=C(O)c2ccc(F)cc2)[C@@H]1c1ccc(Cl)cc1Cl. The number of hydrogen-bond acceptors (Lipinski definition) is 4. The molecule has 2 aromatic rings. The number of carboxylic acids is 1. The molecule has 1 saturated heterocycles. The Hall–Kier alpha value is -2.90. The van der Waals surface area contributed by atoms with Crippen LogP contribution in [0.4, 0.5) is 4.39 Å². The number of ketones is 1. The maximum Gasteiger partial charge on any atom is 0.303 e. The average molecular weight is 452 g/mol. The number of carbonyl (C=O) groups is 3. The second-order valence-electron chi connectivity index (χ2n) is 6.66. The van der Waals surface area contributed by atoms with E-state index < -0.39 is 35.3 Å². The molecule has 0 saturated carbocycles. The van der Waals surface area contributed by atoms with Gasteiger partial charge < -0.3 is 15.1 Å².